The summed E-state index contributed by atoms with van der Waals surface area (Å²) in [6.07, 6.45) is -4.72. The van der Waals surface area contributed by atoms with Gasteiger partial charge in [-0.1, -0.05) is 6.07 Å². The molecular formula is C12H9F3O4. The third-order valence-electron chi connectivity index (χ3n) is 2.80. The van der Waals surface area contributed by atoms with Crippen LogP contribution in [0.4, 0.5) is 13.2 Å². The first-order valence-electron chi connectivity index (χ1n) is 5.32. The molecule has 1 atom stereocenters. The summed E-state index contributed by atoms with van der Waals surface area (Å²) in [6, 6.07) is 3.08. The van der Waals surface area contributed by atoms with Crippen molar-refractivity contribution in [3.05, 3.63) is 29.3 Å². The van der Waals surface area contributed by atoms with Crippen molar-refractivity contribution >= 4 is 11.9 Å². The first-order chi connectivity index (χ1) is 8.82. The Bertz CT molecular complexity index is 536. The Morgan fingerprint density at radius 2 is 2.00 bits per heavy atom. The molecule has 0 aromatic heterocycles. The molecule has 2 rings (SSSR count). The number of hydrogen-bond acceptors (Lipinski definition) is 4. The number of ether oxygens (including phenoxy) is 2. The van der Waals surface area contributed by atoms with E-state index in [1.165, 1.54) is 0 Å². The van der Waals surface area contributed by atoms with E-state index >= 15 is 0 Å². The van der Waals surface area contributed by atoms with Gasteiger partial charge in [0.15, 0.2) is 0 Å². The average molecular weight is 274 g/mol. The molecule has 0 saturated carbocycles. The van der Waals surface area contributed by atoms with Crippen molar-refractivity contribution in [3.8, 4) is 5.75 Å². The van der Waals surface area contributed by atoms with Crippen LogP contribution in [-0.4, -0.2) is 19.0 Å². The number of benzene rings is 1. The molecule has 1 fully saturated rings. The second-order valence-corrected chi connectivity index (χ2v) is 4.01. The molecule has 1 heterocycles. The lowest BCUT2D eigenvalue weighted by atomic mass is 9.96. The number of halogens is 3. The van der Waals surface area contributed by atoms with Gasteiger partial charge in [-0.2, -0.15) is 13.2 Å². The molecule has 1 saturated heterocycles. The van der Waals surface area contributed by atoms with Gasteiger partial charge < -0.3 is 9.47 Å². The normalized spacial score (nSPS) is 19.5. The predicted molar refractivity (Wildman–Crippen MR) is 56.5 cm³/mol. The molecule has 1 aliphatic rings. The highest BCUT2D eigenvalue weighted by molar-refractivity contribution is 5.97. The Labute approximate surface area is 106 Å². The lowest BCUT2D eigenvalue weighted by Crippen LogP contribution is -2.10. The number of carbonyl (C=O) groups excluding carboxylic acids is 2. The van der Waals surface area contributed by atoms with Crippen molar-refractivity contribution in [2.45, 2.75) is 18.5 Å². The number of methoxy groups -OCH3 is 1. The minimum Gasteiger partial charge on any atom is -0.496 e. The molecule has 7 heteroatoms. The van der Waals surface area contributed by atoms with E-state index in [1.807, 2.05) is 0 Å². The van der Waals surface area contributed by atoms with E-state index < -0.39 is 35.3 Å². The minimum atomic E-state index is -4.55. The molecule has 0 amide bonds. The topological polar surface area (TPSA) is 52.6 Å². The van der Waals surface area contributed by atoms with E-state index in [0.29, 0.717) is 0 Å². The number of carbonyl (C=O) groups is 2. The van der Waals surface area contributed by atoms with Crippen LogP contribution in [0.2, 0.25) is 0 Å². The van der Waals surface area contributed by atoms with E-state index in [0.717, 1.165) is 25.3 Å². The molecule has 0 radical (unpaired) electrons. The summed E-state index contributed by atoms with van der Waals surface area (Å²) in [4.78, 5) is 22.3. The van der Waals surface area contributed by atoms with Gasteiger partial charge >= 0.3 is 18.1 Å². The number of cyclic esters (lactones) is 2. The van der Waals surface area contributed by atoms with Crippen molar-refractivity contribution in [2.75, 3.05) is 7.11 Å². The SMILES string of the molecule is COc1cc(C2CC(=O)OC2=O)ccc1C(F)(F)F. The fraction of sp³-hybridized carbons (Fsp3) is 0.333. The summed E-state index contributed by atoms with van der Waals surface area (Å²) in [7, 11) is 1.10. The molecule has 0 aliphatic carbocycles. The van der Waals surface area contributed by atoms with Crippen molar-refractivity contribution < 1.29 is 32.2 Å². The highest BCUT2D eigenvalue weighted by atomic mass is 19.4. The van der Waals surface area contributed by atoms with Crippen molar-refractivity contribution in [2.24, 2.45) is 0 Å². The second kappa shape index (κ2) is 4.56. The molecule has 0 N–H and O–H groups in total. The van der Waals surface area contributed by atoms with Gasteiger partial charge in [-0.3, -0.25) is 9.59 Å². The standard InChI is InChI=1S/C12H9F3O4/c1-18-9-4-6(2-3-8(9)12(13,14)15)7-5-10(16)19-11(7)17/h2-4,7H,5H2,1H3. The van der Waals surface area contributed by atoms with Gasteiger partial charge in [0, 0.05) is 0 Å². The molecule has 1 aliphatic heterocycles. The van der Waals surface area contributed by atoms with E-state index in [9.17, 15) is 22.8 Å². The van der Waals surface area contributed by atoms with E-state index in [4.69, 9.17) is 0 Å². The first kappa shape index (κ1) is 13.4. The summed E-state index contributed by atoms with van der Waals surface area (Å²) in [5.74, 6) is -2.71. The number of rotatable bonds is 2. The fourth-order valence-corrected chi connectivity index (χ4v) is 1.89. The van der Waals surface area contributed by atoms with Gasteiger partial charge in [0.25, 0.3) is 0 Å². The fourth-order valence-electron chi connectivity index (χ4n) is 1.89. The Kier molecular flexibility index (Phi) is 3.21. The highest BCUT2D eigenvalue weighted by Gasteiger charge is 2.38. The Balaban J connectivity index is 2.40. The maximum atomic E-state index is 12.7. The zero-order valence-corrected chi connectivity index (χ0v) is 9.78. The number of alkyl halides is 3. The average Bonchev–Trinajstić information content (AvgIpc) is 2.66. The molecule has 1 aromatic rings. The molecular weight excluding hydrogens is 265 g/mol. The molecule has 0 bridgehead atoms. The molecule has 4 nitrogen and oxygen atoms in total. The van der Waals surface area contributed by atoms with Crippen LogP contribution in [0.25, 0.3) is 0 Å². The van der Waals surface area contributed by atoms with Gasteiger partial charge in [-0.05, 0) is 17.7 Å². The van der Waals surface area contributed by atoms with Crippen LogP contribution in [0.3, 0.4) is 0 Å². The largest absolute Gasteiger partial charge is 0.496 e. The molecule has 1 unspecified atom stereocenters. The smallest absolute Gasteiger partial charge is 0.419 e. The molecule has 0 spiro atoms. The van der Waals surface area contributed by atoms with Crippen LogP contribution < -0.4 is 4.74 Å². The summed E-state index contributed by atoms with van der Waals surface area (Å²) >= 11 is 0. The maximum Gasteiger partial charge on any atom is 0.419 e. The van der Waals surface area contributed by atoms with Crippen LogP contribution in [0, 0.1) is 0 Å². The van der Waals surface area contributed by atoms with Gasteiger partial charge in [-0.25, -0.2) is 0 Å². The third kappa shape index (κ3) is 2.54. The lowest BCUT2D eigenvalue weighted by Gasteiger charge is -2.14. The monoisotopic (exact) mass is 274 g/mol. The zero-order chi connectivity index (χ0) is 14.2. The second-order valence-electron chi connectivity index (χ2n) is 4.01. The number of esters is 2. The van der Waals surface area contributed by atoms with E-state index in [1.54, 1.807) is 0 Å². The lowest BCUT2D eigenvalue weighted by molar-refractivity contribution is -0.152. The van der Waals surface area contributed by atoms with Crippen molar-refractivity contribution in [1.82, 2.24) is 0 Å². The summed E-state index contributed by atoms with van der Waals surface area (Å²) in [6.45, 7) is 0. The molecule has 19 heavy (non-hydrogen) atoms. The van der Waals surface area contributed by atoms with Crippen molar-refractivity contribution in [1.29, 1.82) is 0 Å². The molecule has 102 valence electrons. The Morgan fingerprint density at radius 3 is 2.47 bits per heavy atom. The summed E-state index contributed by atoms with van der Waals surface area (Å²) in [5, 5.41) is 0. The summed E-state index contributed by atoms with van der Waals surface area (Å²) in [5.41, 5.74) is -0.669. The van der Waals surface area contributed by atoms with E-state index in [-0.39, 0.29) is 12.0 Å². The van der Waals surface area contributed by atoms with Crippen LogP contribution in [0.5, 0.6) is 5.75 Å². The van der Waals surface area contributed by atoms with Crippen LogP contribution >= 0.6 is 0 Å². The zero-order valence-electron chi connectivity index (χ0n) is 9.78. The van der Waals surface area contributed by atoms with Crippen LogP contribution in [-0.2, 0) is 20.5 Å². The third-order valence-corrected chi connectivity index (χ3v) is 2.80. The van der Waals surface area contributed by atoms with Gasteiger partial charge in [0.2, 0.25) is 0 Å². The number of hydrogen-bond donors (Lipinski definition) is 0. The summed E-state index contributed by atoms with van der Waals surface area (Å²) < 4.78 is 47.0. The Morgan fingerprint density at radius 1 is 1.32 bits per heavy atom. The first-order valence-corrected chi connectivity index (χ1v) is 5.32. The van der Waals surface area contributed by atoms with Crippen LogP contribution in [0.15, 0.2) is 18.2 Å². The minimum absolute atomic E-state index is 0.173. The van der Waals surface area contributed by atoms with Gasteiger partial charge in [0.05, 0.1) is 25.0 Å². The van der Waals surface area contributed by atoms with E-state index in [2.05, 4.69) is 9.47 Å². The van der Waals surface area contributed by atoms with Crippen molar-refractivity contribution in [3.63, 3.8) is 0 Å². The van der Waals surface area contributed by atoms with Gasteiger partial charge in [0.1, 0.15) is 5.75 Å². The molecule has 1 aromatic carbocycles. The van der Waals surface area contributed by atoms with Crippen LogP contribution in [0.1, 0.15) is 23.5 Å². The van der Waals surface area contributed by atoms with Gasteiger partial charge in [-0.15, -0.1) is 0 Å². The quantitative estimate of drug-likeness (QED) is 0.613. The predicted octanol–water partition coefficient (Wildman–Crippen LogP) is 2.27. The Hall–Kier alpha value is -2.05. The highest BCUT2D eigenvalue weighted by Crippen LogP contribution is 2.39. The maximum absolute atomic E-state index is 12.7.